The van der Waals surface area contributed by atoms with Gasteiger partial charge in [-0.1, -0.05) is 17.3 Å². The molecule has 2 aromatic heterocycles. The van der Waals surface area contributed by atoms with Crippen molar-refractivity contribution in [1.29, 1.82) is 0 Å². The van der Waals surface area contributed by atoms with E-state index in [-0.39, 0.29) is 17.8 Å². The Balaban J connectivity index is 1.43. The SMILES string of the molecule is Cc1ccc(-c2noc(C(C)N3CCCN(C(=O)c4ccsc4)CC3)n2)cc1F. The lowest BCUT2D eigenvalue weighted by molar-refractivity contribution is 0.0757. The maximum Gasteiger partial charge on any atom is 0.254 e. The molecule has 4 rings (SSSR count). The Hall–Kier alpha value is -2.58. The monoisotopic (exact) mass is 414 g/mol. The molecular formula is C21H23FN4O2S. The zero-order valence-electron chi connectivity index (χ0n) is 16.5. The van der Waals surface area contributed by atoms with Crippen LogP contribution in [0.1, 0.15) is 41.2 Å². The number of aromatic nitrogens is 2. The van der Waals surface area contributed by atoms with Gasteiger partial charge in [-0.25, -0.2) is 4.39 Å². The largest absolute Gasteiger partial charge is 0.337 e. The molecule has 8 heteroatoms. The third-order valence-corrected chi connectivity index (χ3v) is 6.05. The highest BCUT2D eigenvalue weighted by atomic mass is 32.1. The molecule has 1 amide bonds. The van der Waals surface area contributed by atoms with Gasteiger partial charge in [0.1, 0.15) is 5.82 Å². The Morgan fingerprint density at radius 3 is 2.86 bits per heavy atom. The van der Waals surface area contributed by atoms with Crippen LogP contribution in [0.5, 0.6) is 0 Å². The van der Waals surface area contributed by atoms with Crippen LogP contribution in [0.4, 0.5) is 4.39 Å². The molecule has 0 spiro atoms. The van der Waals surface area contributed by atoms with Crippen molar-refractivity contribution in [2.24, 2.45) is 0 Å². The van der Waals surface area contributed by atoms with Crippen LogP contribution >= 0.6 is 11.3 Å². The van der Waals surface area contributed by atoms with Crippen molar-refractivity contribution < 1.29 is 13.7 Å². The first-order chi connectivity index (χ1) is 14.0. The fourth-order valence-corrected chi connectivity index (χ4v) is 4.14. The molecule has 3 heterocycles. The molecule has 0 aliphatic carbocycles. The average Bonchev–Trinajstić information content (AvgIpc) is 3.37. The lowest BCUT2D eigenvalue weighted by Gasteiger charge is -2.25. The molecule has 152 valence electrons. The van der Waals surface area contributed by atoms with Crippen LogP contribution in [-0.2, 0) is 0 Å². The van der Waals surface area contributed by atoms with Crippen molar-refractivity contribution in [3.63, 3.8) is 0 Å². The second-order valence-corrected chi connectivity index (χ2v) is 8.07. The number of hydrogen-bond donors (Lipinski definition) is 0. The van der Waals surface area contributed by atoms with Gasteiger partial charge in [0.25, 0.3) is 5.91 Å². The standard InChI is InChI=1S/C21H23FN4O2S/c1-14-4-5-16(12-18(14)22)19-23-20(28-24-19)15(2)25-7-3-8-26(10-9-25)21(27)17-6-11-29-13-17/h4-6,11-13,15H,3,7-10H2,1-2H3. The van der Waals surface area contributed by atoms with Crippen LogP contribution in [0.15, 0.2) is 39.5 Å². The minimum Gasteiger partial charge on any atom is -0.337 e. The highest BCUT2D eigenvalue weighted by Crippen LogP contribution is 2.25. The summed E-state index contributed by atoms with van der Waals surface area (Å²) < 4.78 is 19.3. The average molecular weight is 415 g/mol. The molecule has 1 fully saturated rings. The van der Waals surface area contributed by atoms with Crippen LogP contribution in [0.2, 0.25) is 0 Å². The van der Waals surface area contributed by atoms with E-state index in [4.69, 9.17) is 4.52 Å². The fourth-order valence-electron chi connectivity index (χ4n) is 3.51. The Bertz CT molecular complexity index is 988. The summed E-state index contributed by atoms with van der Waals surface area (Å²) in [4.78, 5) is 21.3. The number of carbonyl (C=O) groups is 1. The van der Waals surface area contributed by atoms with Crippen LogP contribution in [0, 0.1) is 12.7 Å². The number of hydrogen-bond acceptors (Lipinski definition) is 6. The Morgan fingerprint density at radius 1 is 1.24 bits per heavy atom. The number of carbonyl (C=O) groups excluding carboxylic acids is 1. The molecule has 1 aliphatic rings. The third-order valence-electron chi connectivity index (χ3n) is 5.36. The molecule has 0 bridgehead atoms. The van der Waals surface area contributed by atoms with E-state index >= 15 is 0 Å². The van der Waals surface area contributed by atoms with Crippen LogP contribution in [0.3, 0.4) is 0 Å². The lowest BCUT2D eigenvalue weighted by Crippen LogP contribution is -2.35. The van der Waals surface area contributed by atoms with E-state index in [1.165, 1.54) is 17.4 Å². The molecule has 3 aromatic rings. The Morgan fingerprint density at radius 2 is 2.10 bits per heavy atom. The quantitative estimate of drug-likeness (QED) is 0.642. The first-order valence-electron chi connectivity index (χ1n) is 9.68. The molecule has 1 atom stereocenters. The van der Waals surface area contributed by atoms with Gasteiger partial charge < -0.3 is 9.42 Å². The summed E-state index contributed by atoms with van der Waals surface area (Å²) in [6.45, 7) is 6.69. The minimum atomic E-state index is -0.287. The van der Waals surface area contributed by atoms with Crippen molar-refractivity contribution >= 4 is 17.2 Å². The number of benzene rings is 1. The maximum atomic E-state index is 13.8. The first-order valence-corrected chi connectivity index (χ1v) is 10.6. The summed E-state index contributed by atoms with van der Waals surface area (Å²) in [6.07, 6.45) is 0.879. The number of aryl methyl sites for hydroxylation is 1. The van der Waals surface area contributed by atoms with E-state index in [2.05, 4.69) is 15.0 Å². The van der Waals surface area contributed by atoms with Gasteiger partial charge >= 0.3 is 0 Å². The highest BCUT2D eigenvalue weighted by molar-refractivity contribution is 7.08. The van der Waals surface area contributed by atoms with E-state index in [1.807, 2.05) is 28.7 Å². The minimum absolute atomic E-state index is 0.0808. The predicted molar refractivity (Wildman–Crippen MR) is 109 cm³/mol. The van der Waals surface area contributed by atoms with Crippen molar-refractivity contribution in [2.75, 3.05) is 26.2 Å². The molecule has 1 saturated heterocycles. The van der Waals surface area contributed by atoms with E-state index in [1.54, 1.807) is 19.1 Å². The van der Waals surface area contributed by atoms with Crippen molar-refractivity contribution in [3.05, 3.63) is 57.9 Å². The number of nitrogens with zero attached hydrogens (tertiary/aromatic N) is 4. The molecule has 0 saturated carbocycles. The molecule has 6 nitrogen and oxygen atoms in total. The van der Waals surface area contributed by atoms with E-state index < -0.39 is 0 Å². The smallest absolute Gasteiger partial charge is 0.254 e. The van der Waals surface area contributed by atoms with E-state index in [0.29, 0.717) is 29.4 Å². The topological polar surface area (TPSA) is 62.5 Å². The summed E-state index contributed by atoms with van der Waals surface area (Å²) in [7, 11) is 0. The third kappa shape index (κ3) is 4.23. The Kier molecular flexibility index (Phi) is 5.73. The first kappa shape index (κ1) is 19.7. The fraction of sp³-hybridized carbons (Fsp3) is 0.381. The summed E-state index contributed by atoms with van der Waals surface area (Å²) in [5, 5.41) is 7.84. The van der Waals surface area contributed by atoms with Crippen LogP contribution in [0.25, 0.3) is 11.4 Å². The second-order valence-electron chi connectivity index (χ2n) is 7.29. The molecule has 29 heavy (non-hydrogen) atoms. The summed E-state index contributed by atoms with van der Waals surface area (Å²) >= 11 is 1.53. The number of thiophene rings is 1. The van der Waals surface area contributed by atoms with Gasteiger partial charge in [0.15, 0.2) is 0 Å². The number of rotatable bonds is 4. The second kappa shape index (κ2) is 8.42. The van der Waals surface area contributed by atoms with Gasteiger partial charge in [0.2, 0.25) is 11.7 Å². The normalized spacial score (nSPS) is 16.6. The Labute approximate surface area is 172 Å². The molecule has 1 unspecified atom stereocenters. The highest BCUT2D eigenvalue weighted by Gasteiger charge is 2.26. The summed E-state index contributed by atoms with van der Waals surface area (Å²) in [5.74, 6) is 0.681. The molecule has 0 N–H and O–H groups in total. The summed E-state index contributed by atoms with van der Waals surface area (Å²) in [5.41, 5.74) is 1.93. The molecule has 1 aliphatic heterocycles. The van der Waals surface area contributed by atoms with E-state index in [0.717, 1.165) is 31.6 Å². The van der Waals surface area contributed by atoms with Gasteiger partial charge in [-0.15, -0.1) is 0 Å². The maximum absolute atomic E-state index is 13.8. The number of amides is 1. The van der Waals surface area contributed by atoms with Crippen molar-refractivity contribution in [3.8, 4) is 11.4 Å². The van der Waals surface area contributed by atoms with Gasteiger partial charge in [-0.2, -0.15) is 16.3 Å². The molecule has 1 aromatic carbocycles. The van der Waals surface area contributed by atoms with Crippen LogP contribution < -0.4 is 0 Å². The van der Waals surface area contributed by atoms with Gasteiger partial charge in [0, 0.05) is 37.1 Å². The zero-order valence-corrected chi connectivity index (χ0v) is 17.3. The predicted octanol–water partition coefficient (Wildman–Crippen LogP) is 4.15. The van der Waals surface area contributed by atoms with Gasteiger partial charge in [-0.05, 0) is 43.3 Å². The van der Waals surface area contributed by atoms with Gasteiger partial charge in [0.05, 0.1) is 11.6 Å². The molecule has 0 radical (unpaired) electrons. The number of halogens is 1. The van der Waals surface area contributed by atoms with Crippen molar-refractivity contribution in [2.45, 2.75) is 26.3 Å². The van der Waals surface area contributed by atoms with Gasteiger partial charge in [-0.3, -0.25) is 9.69 Å². The zero-order chi connectivity index (χ0) is 20.4. The van der Waals surface area contributed by atoms with Crippen molar-refractivity contribution in [1.82, 2.24) is 19.9 Å². The van der Waals surface area contributed by atoms with Crippen LogP contribution in [-0.4, -0.2) is 52.0 Å². The lowest BCUT2D eigenvalue weighted by atomic mass is 10.1. The molecular weight excluding hydrogens is 391 g/mol. The van der Waals surface area contributed by atoms with E-state index in [9.17, 15) is 9.18 Å². The summed E-state index contributed by atoms with van der Waals surface area (Å²) in [6, 6.07) is 6.71.